The van der Waals surface area contributed by atoms with Gasteiger partial charge in [0.05, 0.1) is 12.7 Å². The van der Waals surface area contributed by atoms with Crippen molar-refractivity contribution in [1.29, 1.82) is 0 Å². The molecule has 0 atom stereocenters. The molecule has 0 bridgehead atoms. The van der Waals surface area contributed by atoms with E-state index >= 15 is 0 Å². The van der Waals surface area contributed by atoms with E-state index in [1.54, 1.807) is 24.3 Å². The molecule has 0 spiro atoms. The van der Waals surface area contributed by atoms with Gasteiger partial charge in [0.15, 0.2) is 6.61 Å². The van der Waals surface area contributed by atoms with Crippen molar-refractivity contribution < 1.29 is 19.1 Å². The predicted molar refractivity (Wildman–Crippen MR) is 87.8 cm³/mol. The van der Waals surface area contributed by atoms with Crippen LogP contribution in [-0.2, 0) is 9.53 Å². The van der Waals surface area contributed by atoms with Crippen LogP contribution < -0.4 is 10.1 Å². The SMILES string of the molecule is COC(=O)c1ccc(OCC(=O)Nc2ccc(C)cc2C)cc1. The lowest BCUT2D eigenvalue weighted by atomic mass is 10.1. The van der Waals surface area contributed by atoms with Gasteiger partial charge in [0.2, 0.25) is 0 Å². The topological polar surface area (TPSA) is 64.6 Å². The second-order valence-corrected chi connectivity index (χ2v) is 5.17. The molecule has 1 amide bonds. The Morgan fingerprint density at radius 3 is 2.35 bits per heavy atom. The van der Waals surface area contributed by atoms with Gasteiger partial charge in [0.25, 0.3) is 5.91 Å². The van der Waals surface area contributed by atoms with Gasteiger partial charge in [-0.1, -0.05) is 17.7 Å². The molecule has 23 heavy (non-hydrogen) atoms. The first-order chi connectivity index (χ1) is 11.0. The van der Waals surface area contributed by atoms with Crippen molar-refractivity contribution in [1.82, 2.24) is 0 Å². The third-order valence-corrected chi connectivity index (χ3v) is 3.30. The molecule has 0 aromatic heterocycles. The summed E-state index contributed by atoms with van der Waals surface area (Å²) in [5.41, 5.74) is 3.34. The third-order valence-electron chi connectivity index (χ3n) is 3.30. The van der Waals surface area contributed by atoms with Crippen LogP contribution in [0, 0.1) is 13.8 Å². The molecule has 0 saturated heterocycles. The summed E-state index contributed by atoms with van der Waals surface area (Å²) in [4.78, 5) is 23.3. The fourth-order valence-electron chi connectivity index (χ4n) is 2.09. The Balaban J connectivity index is 1.90. The second kappa shape index (κ2) is 7.45. The number of anilines is 1. The maximum absolute atomic E-state index is 11.9. The smallest absolute Gasteiger partial charge is 0.337 e. The number of methoxy groups -OCH3 is 1. The Morgan fingerprint density at radius 1 is 1.04 bits per heavy atom. The molecule has 0 saturated carbocycles. The van der Waals surface area contributed by atoms with Gasteiger partial charge in [-0.3, -0.25) is 4.79 Å². The van der Waals surface area contributed by atoms with Gasteiger partial charge in [-0.2, -0.15) is 0 Å². The molecule has 0 unspecified atom stereocenters. The van der Waals surface area contributed by atoms with Gasteiger partial charge in [0, 0.05) is 5.69 Å². The van der Waals surface area contributed by atoms with Crippen LogP contribution in [0.2, 0.25) is 0 Å². The Bertz CT molecular complexity index is 707. The van der Waals surface area contributed by atoms with E-state index in [1.807, 2.05) is 32.0 Å². The Kier molecular flexibility index (Phi) is 5.36. The minimum atomic E-state index is -0.413. The molecule has 0 aliphatic carbocycles. The zero-order valence-corrected chi connectivity index (χ0v) is 13.4. The summed E-state index contributed by atoms with van der Waals surface area (Å²) < 4.78 is 10.0. The van der Waals surface area contributed by atoms with E-state index in [1.165, 1.54) is 7.11 Å². The van der Waals surface area contributed by atoms with E-state index in [-0.39, 0.29) is 12.5 Å². The Labute approximate surface area is 135 Å². The molecule has 0 heterocycles. The zero-order valence-electron chi connectivity index (χ0n) is 13.4. The fraction of sp³-hybridized carbons (Fsp3) is 0.222. The Morgan fingerprint density at radius 2 is 1.74 bits per heavy atom. The van der Waals surface area contributed by atoms with Crippen molar-refractivity contribution in [2.45, 2.75) is 13.8 Å². The van der Waals surface area contributed by atoms with Crippen molar-refractivity contribution in [3.05, 3.63) is 59.2 Å². The molecule has 5 nitrogen and oxygen atoms in total. The van der Waals surface area contributed by atoms with Crippen molar-refractivity contribution in [2.24, 2.45) is 0 Å². The number of hydrogen-bond acceptors (Lipinski definition) is 4. The van der Waals surface area contributed by atoms with Crippen molar-refractivity contribution in [3.8, 4) is 5.75 Å². The van der Waals surface area contributed by atoms with E-state index in [0.29, 0.717) is 11.3 Å². The lowest BCUT2D eigenvalue weighted by molar-refractivity contribution is -0.118. The molecule has 2 aromatic rings. The lowest BCUT2D eigenvalue weighted by Gasteiger charge is -2.10. The first-order valence-corrected chi connectivity index (χ1v) is 7.18. The van der Waals surface area contributed by atoms with Gasteiger partial charge >= 0.3 is 5.97 Å². The first kappa shape index (κ1) is 16.5. The average Bonchev–Trinajstić information content (AvgIpc) is 2.55. The van der Waals surface area contributed by atoms with E-state index in [2.05, 4.69) is 10.1 Å². The molecule has 2 rings (SSSR count). The van der Waals surface area contributed by atoms with Crippen LogP contribution >= 0.6 is 0 Å². The summed E-state index contributed by atoms with van der Waals surface area (Å²) in [6.45, 7) is 3.83. The van der Waals surface area contributed by atoms with Crippen LogP contribution in [0.25, 0.3) is 0 Å². The van der Waals surface area contributed by atoms with Crippen molar-refractivity contribution >= 4 is 17.6 Å². The summed E-state index contributed by atoms with van der Waals surface area (Å²) in [6, 6.07) is 12.2. The monoisotopic (exact) mass is 313 g/mol. The van der Waals surface area contributed by atoms with Crippen LogP contribution in [0.15, 0.2) is 42.5 Å². The van der Waals surface area contributed by atoms with Crippen molar-refractivity contribution in [2.75, 3.05) is 19.0 Å². The molecule has 1 N–H and O–H groups in total. The third kappa shape index (κ3) is 4.57. The molecule has 2 aromatic carbocycles. The highest BCUT2D eigenvalue weighted by molar-refractivity contribution is 5.92. The fourth-order valence-corrected chi connectivity index (χ4v) is 2.09. The molecule has 0 aliphatic heterocycles. The van der Waals surface area contributed by atoms with Gasteiger partial charge in [-0.25, -0.2) is 4.79 Å². The number of hydrogen-bond donors (Lipinski definition) is 1. The summed E-state index contributed by atoms with van der Waals surface area (Å²) in [7, 11) is 1.32. The van der Waals surface area contributed by atoms with E-state index in [4.69, 9.17) is 4.74 Å². The Hall–Kier alpha value is -2.82. The number of carbonyl (C=O) groups excluding carboxylic acids is 2. The lowest BCUT2D eigenvalue weighted by Crippen LogP contribution is -2.20. The van der Waals surface area contributed by atoms with Crippen LogP contribution in [-0.4, -0.2) is 25.6 Å². The van der Waals surface area contributed by atoms with Gasteiger partial charge in [-0.15, -0.1) is 0 Å². The highest BCUT2D eigenvalue weighted by atomic mass is 16.5. The first-order valence-electron chi connectivity index (χ1n) is 7.18. The normalized spacial score (nSPS) is 10.0. The minimum absolute atomic E-state index is 0.106. The largest absolute Gasteiger partial charge is 0.484 e. The van der Waals surface area contributed by atoms with Gasteiger partial charge in [-0.05, 0) is 49.7 Å². The highest BCUT2D eigenvalue weighted by Crippen LogP contribution is 2.16. The number of benzene rings is 2. The number of ether oxygens (including phenoxy) is 2. The number of amides is 1. The molecular weight excluding hydrogens is 294 g/mol. The molecular formula is C18H19NO4. The minimum Gasteiger partial charge on any atom is -0.484 e. The van der Waals surface area contributed by atoms with Crippen LogP contribution in [0.1, 0.15) is 21.5 Å². The van der Waals surface area contributed by atoms with Crippen LogP contribution in [0.3, 0.4) is 0 Å². The number of esters is 1. The second-order valence-electron chi connectivity index (χ2n) is 5.17. The van der Waals surface area contributed by atoms with Crippen LogP contribution in [0.4, 0.5) is 5.69 Å². The molecule has 0 fully saturated rings. The van der Waals surface area contributed by atoms with E-state index in [9.17, 15) is 9.59 Å². The van der Waals surface area contributed by atoms with Crippen molar-refractivity contribution in [3.63, 3.8) is 0 Å². The molecule has 120 valence electrons. The van der Waals surface area contributed by atoms with Gasteiger partial charge < -0.3 is 14.8 Å². The molecule has 0 radical (unpaired) electrons. The number of nitrogens with one attached hydrogen (secondary N) is 1. The molecule has 0 aliphatic rings. The van der Waals surface area contributed by atoms with Gasteiger partial charge in [0.1, 0.15) is 5.75 Å². The summed E-state index contributed by atoms with van der Waals surface area (Å²) in [5, 5.41) is 2.81. The summed E-state index contributed by atoms with van der Waals surface area (Å²) in [5.74, 6) is -0.147. The number of rotatable bonds is 5. The predicted octanol–water partition coefficient (Wildman–Crippen LogP) is 3.11. The van der Waals surface area contributed by atoms with Crippen LogP contribution in [0.5, 0.6) is 5.75 Å². The number of aryl methyl sites for hydroxylation is 2. The quantitative estimate of drug-likeness (QED) is 0.861. The average molecular weight is 313 g/mol. The highest BCUT2D eigenvalue weighted by Gasteiger charge is 2.08. The zero-order chi connectivity index (χ0) is 16.8. The van der Waals surface area contributed by atoms with E-state index in [0.717, 1.165) is 16.8 Å². The standard InChI is InChI=1S/C18H19NO4/c1-12-4-9-16(13(2)10-12)19-17(20)11-23-15-7-5-14(6-8-15)18(21)22-3/h4-10H,11H2,1-3H3,(H,19,20). The summed E-state index contributed by atoms with van der Waals surface area (Å²) >= 11 is 0. The maximum atomic E-state index is 11.9. The maximum Gasteiger partial charge on any atom is 0.337 e. The molecule has 5 heteroatoms. The summed E-state index contributed by atoms with van der Waals surface area (Å²) in [6.07, 6.45) is 0. The number of carbonyl (C=O) groups is 2. The van der Waals surface area contributed by atoms with E-state index < -0.39 is 5.97 Å².